The van der Waals surface area contributed by atoms with E-state index in [2.05, 4.69) is 5.32 Å². The fraction of sp³-hybridized carbons (Fsp3) is 0.125. The summed E-state index contributed by atoms with van der Waals surface area (Å²) in [5.41, 5.74) is 0.944. The molecule has 0 unspecified atom stereocenters. The molecule has 0 bridgehead atoms. The van der Waals surface area contributed by atoms with Gasteiger partial charge in [0.2, 0.25) is 0 Å². The Kier molecular flexibility index (Phi) is 1.66. The summed E-state index contributed by atoms with van der Waals surface area (Å²) in [5, 5.41) is 3.13. The van der Waals surface area contributed by atoms with Gasteiger partial charge in [0.05, 0.1) is 0 Å². The van der Waals surface area contributed by atoms with Crippen molar-refractivity contribution in [2.75, 3.05) is 0 Å². The molecule has 1 aliphatic heterocycles. The van der Waals surface area contributed by atoms with Crippen LogP contribution in [0.2, 0.25) is 5.02 Å². The van der Waals surface area contributed by atoms with Gasteiger partial charge in [-0.25, -0.2) is 4.79 Å². The van der Waals surface area contributed by atoms with Gasteiger partial charge in [-0.05, 0) is 12.1 Å². The fourth-order valence-corrected chi connectivity index (χ4v) is 1.23. The quantitative estimate of drug-likeness (QED) is 0.668. The second-order valence-electron chi connectivity index (χ2n) is 2.50. The van der Waals surface area contributed by atoms with Gasteiger partial charge in [-0.3, -0.25) is 0 Å². The molecule has 1 N–H and O–H groups in total. The van der Waals surface area contributed by atoms with Crippen LogP contribution in [0.3, 0.4) is 0 Å². The first kappa shape index (κ1) is 7.43. The van der Waals surface area contributed by atoms with Crippen LogP contribution in [-0.2, 0) is 6.54 Å². The maximum Gasteiger partial charge on any atom is 0.412 e. The molecule has 1 aliphatic rings. The van der Waals surface area contributed by atoms with Gasteiger partial charge in [0, 0.05) is 17.1 Å². The summed E-state index contributed by atoms with van der Waals surface area (Å²) in [6.45, 7) is 0.505. The van der Waals surface area contributed by atoms with Crippen molar-refractivity contribution in [3.63, 3.8) is 0 Å². The zero-order valence-corrected chi connectivity index (χ0v) is 6.89. The molecule has 1 aromatic carbocycles. The average molecular weight is 184 g/mol. The Labute approximate surface area is 74.3 Å². The topological polar surface area (TPSA) is 38.3 Å². The van der Waals surface area contributed by atoms with Crippen molar-refractivity contribution in [3.8, 4) is 5.75 Å². The van der Waals surface area contributed by atoms with E-state index in [0.29, 0.717) is 17.3 Å². The molecule has 0 saturated heterocycles. The minimum absolute atomic E-state index is 0.426. The molecule has 2 rings (SSSR count). The Morgan fingerprint density at radius 2 is 2.33 bits per heavy atom. The van der Waals surface area contributed by atoms with E-state index in [4.69, 9.17) is 16.3 Å². The molecular weight excluding hydrogens is 178 g/mol. The van der Waals surface area contributed by atoms with E-state index in [-0.39, 0.29) is 0 Å². The lowest BCUT2D eigenvalue weighted by Gasteiger charge is -2.16. The van der Waals surface area contributed by atoms with Crippen molar-refractivity contribution < 1.29 is 9.53 Å². The molecule has 12 heavy (non-hydrogen) atoms. The van der Waals surface area contributed by atoms with E-state index in [0.717, 1.165) is 5.56 Å². The van der Waals surface area contributed by atoms with Crippen LogP contribution in [-0.4, -0.2) is 6.09 Å². The SMILES string of the molecule is O=C1NCc2ccc(Cl)cc2O1. The number of amides is 1. The van der Waals surface area contributed by atoms with Crippen LogP contribution in [0.15, 0.2) is 18.2 Å². The Bertz CT molecular complexity index is 338. The summed E-state index contributed by atoms with van der Waals surface area (Å²) in [6, 6.07) is 5.23. The number of fused-ring (bicyclic) bond motifs is 1. The second kappa shape index (κ2) is 2.68. The summed E-state index contributed by atoms with van der Waals surface area (Å²) in [7, 11) is 0. The minimum Gasteiger partial charge on any atom is -0.410 e. The van der Waals surface area contributed by atoms with Crippen LogP contribution in [0.5, 0.6) is 5.75 Å². The lowest BCUT2D eigenvalue weighted by molar-refractivity contribution is 0.194. The molecule has 62 valence electrons. The number of ether oxygens (including phenoxy) is 1. The van der Waals surface area contributed by atoms with Crippen LogP contribution in [0.25, 0.3) is 0 Å². The van der Waals surface area contributed by atoms with Gasteiger partial charge in [-0.1, -0.05) is 17.7 Å². The molecule has 1 heterocycles. The van der Waals surface area contributed by atoms with Crippen LogP contribution in [0.1, 0.15) is 5.56 Å². The summed E-state index contributed by atoms with van der Waals surface area (Å²) in [5.74, 6) is 0.547. The van der Waals surface area contributed by atoms with Gasteiger partial charge in [0.25, 0.3) is 0 Å². The molecule has 0 radical (unpaired) electrons. The number of rotatable bonds is 0. The third-order valence-electron chi connectivity index (χ3n) is 1.66. The number of carbonyl (C=O) groups excluding carboxylic acids is 1. The number of nitrogens with one attached hydrogen (secondary N) is 1. The molecule has 1 amide bonds. The molecule has 0 fully saturated rings. The van der Waals surface area contributed by atoms with E-state index in [1.165, 1.54) is 0 Å². The molecule has 0 atom stereocenters. The van der Waals surface area contributed by atoms with Crippen molar-refractivity contribution in [3.05, 3.63) is 28.8 Å². The Balaban J connectivity index is 2.44. The number of hydrogen-bond acceptors (Lipinski definition) is 2. The van der Waals surface area contributed by atoms with Crippen LogP contribution in [0, 0.1) is 0 Å². The average Bonchev–Trinajstić information content (AvgIpc) is 2.03. The van der Waals surface area contributed by atoms with Crippen LogP contribution in [0.4, 0.5) is 4.79 Å². The molecular formula is C8H6ClNO2. The molecule has 4 heteroatoms. The predicted molar refractivity (Wildman–Crippen MR) is 44.3 cm³/mol. The Morgan fingerprint density at radius 1 is 1.50 bits per heavy atom. The van der Waals surface area contributed by atoms with Gasteiger partial charge in [-0.2, -0.15) is 0 Å². The largest absolute Gasteiger partial charge is 0.412 e. The number of carbonyl (C=O) groups is 1. The molecule has 0 saturated carbocycles. The minimum atomic E-state index is -0.426. The van der Waals surface area contributed by atoms with Gasteiger partial charge in [0.15, 0.2) is 0 Å². The van der Waals surface area contributed by atoms with Gasteiger partial charge in [0.1, 0.15) is 5.75 Å². The van der Waals surface area contributed by atoms with Gasteiger partial charge < -0.3 is 10.1 Å². The highest BCUT2D eigenvalue weighted by Crippen LogP contribution is 2.25. The number of hydrogen-bond donors (Lipinski definition) is 1. The lowest BCUT2D eigenvalue weighted by atomic mass is 10.2. The first-order valence-corrected chi connectivity index (χ1v) is 3.87. The maximum atomic E-state index is 10.8. The predicted octanol–water partition coefficient (Wildman–Crippen LogP) is 1.94. The summed E-state index contributed by atoms with van der Waals surface area (Å²) < 4.78 is 4.88. The highest BCUT2D eigenvalue weighted by molar-refractivity contribution is 6.30. The first-order chi connectivity index (χ1) is 5.75. The molecule has 0 aromatic heterocycles. The molecule has 1 aromatic rings. The first-order valence-electron chi connectivity index (χ1n) is 3.50. The van der Waals surface area contributed by atoms with Crippen LogP contribution < -0.4 is 10.1 Å². The van der Waals surface area contributed by atoms with E-state index in [1.807, 2.05) is 6.07 Å². The summed E-state index contributed by atoms with van der Waals surface area (Å²) in [6.07, 6.45) is -0.426. The normalized spacial score (nSPS) is 14.6. The van der Waals surface area contributed by atoms with E-state index >= 15 is 0 Å². The standard InChI is InChI=1S/C8H6ClNO2/c9-6-2-1-5-4-10-8(11)12-7(5)3-6/h1-3H,4H2,(H,10,11). The molecule has 3 nitrogen and oxygen atoms in total. The third-order valence-corrected chi connectivity index (χ3v) is 1.89. The summed E-state index contributed by atoms with van der Waals surface area (Å²) >= 11 is 5.71. The van der Waals surface area contributed by atoms with Gasteiger partial charge >= 0.3 is 6.09 Å². The zero-order chi connectivity index (χ0) is 8.55. The maximum absolute atomic E-state index is 10.8. The van der Waals surface area contributed by atoms with Crippen molar-refractivity contribution in [1.29, 1.82) is 0 Å². The van der Waals surface area contributed by atoms with E-state index in [1.54, 1.807) is 12.1 Å². The molecule has 0 aliphatic carbocycles. The monoisotopic (exact) mass is 183 g/mol. The van der Waals surface area contributed by atoms with Crippen molar-refractivity contribution in [1.82, 2.24) is 5.32 Å². The lowest BCUT2D eigenvalue weighted by Crippen LogP contribution is -2.31. The number of halogens is 1. The highest BCUT2D eigenvalue weighted by Gasteiger charge is 2.15. The van der Waals surface area contributed by atoms with Crippen molar-refractivity contribution in [2.45, 2.75) is 6.54 Å². The van der Waals surface area contributed by atoms with Crippen LogP contribution >= 0.6 is 11.6 Å². The van der Waals surface area contributed by atoms with Crippen molar-refractivity contribution in [2.24, 2.45) is 0 Å². The van der Waals surface area contributed by atoms with E-state index < -0.39 is 6.09 Å². The zero-order valence-electron chi connectivity index (χ0n) is 6.13. The number of benzene rings is 1. The second-order valence-corrected chi connectivity index (χ2v) is 2.93. The Hall–Kier alpha value is -1.22. The van der Waals surface area contributed by atoms with Crippen molar-refractivity contribution >= 4 is 17.7 Å². The molecule has 0 spiro atoms. The van der Waals surface area contributed by atoms with Gasteiger partial charge in [-0.15, -0.1) is 0 Å². The Morgan fingerprint density at radius 3 is 3.17 bits per heavy atom. The fourth-order valence-electron chi connectivity index (χ4n) is 1.07. The highest BCUT2D eigenvalue weighted by atomic mass is 35.5. The van der Waals surface area contributed by atoms with E-state index in [9.17, 15) is 4.79 Å². The third kappa shape index (κ3) is 1.23. The summed E-state index contributed by atoms with van der Waals surface area (Å²) in [4.78, 5) is 10.8. The smallest absolute Gasteiger partial charge is 0.410 e.